The molecule has 0 radical (unpaired) electrons. The van der Waals surface area contributed by atoms with Gasteiger partial charge in [-0.1, -0.05) is 29.8 Å². The largest absolute Gasteiger partial charge is 0.589 e. The lowest BCUT2D eigenvalue weighted by Gasteiger charge is -2.17. The van der Waals surface area contributed by atoms with Crippen LogP contribution in [0, 0.1) is 6.92 Å². The molecule has 1 atom stereocenters. The molecule has 23 heavy (non-hydrogen) atoms. The Morgan fingerprint density at radius 3 is 2.91 bits per heavy atom. The topological polar surface area (TPSA) is 54.3 Å². The summed E-state index contributed by atoms with van der Waals surface area (Å²) in [6.07, 6.45) is 0. The summed E-state index contributed by atoms with van der Waals surface area (Å²) in [5.74, 6) is 0.663. The molecule has 3 heterocycles. The Bertz CT molecular complexity index is 863. The molecule has 0 saturated heterocycles. The molecule has 1 unspecified atom stereocenters. The molecule has 1 aromatic heterocycles. The lowest BCUT2D eigenvalue weighted by atomic mass is 10.1. The van der Waals surface area contributed by atoms with Crippen molar-refractivity contribution in [3.8, 4) is 0 Å². The number of halogens is 2. The third kappa shape index (κ3) is 2.39. The van der Waals surface area contributed by atoms with Gasteiger partial charge >= 0.3 is 0 Å². The Hall–Kier alpha value is -1.41. The van der Waals surface area contributed by atoms with Crippen LogP contribution < -0.4 is 4.90 Å². The van der Waals surface area contributed by atoms with Crippen molar-refractivity contribution in [3.05, 3.63) is 51.4 Å². The van der Waals surface area contributed by atoms with E-state index >= 15 is 0 Å². The van der Waals surface area contributed by atoms with Gasteiger partial charge in [-0.15, -0.1) is 5.10 Å². The fraction of sp³-hybridized carbons (Fsp3) is 0.200. The number of aliphatic imine (C=N–C) groups is 1. The summed E-state index contributed by atoms with van der Waals surface area (Å²) >= 11 is 9.73. The molecule has 2 aromatic rings. The zero-order chi connectivity index (χ0) is 16.1. The number of rotatable bonds is 1. The zero-order valence-electron chi connectivity index (χ0n) is 12.2. The molecule has 5 nitrogen and oxygen atoms in total. The van der Waals surface area contributed by atoms with Gasteiger partial charge in [-0.3, -0.25) is 9.89 Å². The van der Waals surface area contributed by atoms with Gasteiger partial charge in [0.25, 0.3) is 5.00 Å². The standard InChI is InChI=1S/C15H12BrClN4OS/c1-9-6-10-7-18-13(11-4-2-3-5-12(11)17)14-19-21(16)8-20(14)15(10)23(9)22/h2-6H,7-8H2,1H3. The number of benzene rings is 1. The van der Waals surface area contributed by atoms with Crippen LogP contribution in [0.25, 0.3) is 0 Å². The molecule has 4 rings (SSSR count). The zero-order valence-corrected chi connectivity index (χ0v) is 15.3. The highest BCUT2D eigenvalue weighted by atomic mass is 79.9. The first-order valence-electron chi connectivity index (χ1n) is 6.98. The maximum atomic E-state index is 12.6. The summed E-state index contributed by atoms with van der Waals surface area (Å²) < 4.78 is 14.3. The van der Waals surface area contributed by atoms with Gasteiger partial charge in [-0.25, -0.2) is 4.03 Å². The van der Waals surface area contributed by atoms with Crippen molar-refractivity contribution in [3.63, 3.8) is 0 Å². The third-order valence-corrected chi connectivity index (χ3v) is 6.08. The second kappa shape index (κ2) is 5.59. The van der Waals surface area contributed by atoms with Gasteiger partial charge in [0.05, 0.1) is 33.3 Å². The van der Waals surface area contributed by atoms with E-state index in [-0.39, 0.29) is 0 Å². The van der Waals surface area contributed by atoms with Gasteiger partial charge in [-0.05, 0) is 16.8 Å². The van der Waals surface area contributed by atoms with Crippen LogP contribution in [0.15, 0.2) is 40.4 Å². The maximum absolute atomic E-state index is 12.6. The van der Waals surface area contributed by atoms with Crippen molar-refractivity contribution in [1.29, 1.82) is 0 Å². The third-order valence-electron chi connectivity index (χ3n) is 3.83. The molecule has 0 amide bonds. The SMILES string of the molecule is Cc1cc2c([s+]1[O-])N1CN(Br)N=C1C(c1ccccc1Cl)=NC2. The van der Waals surface area contributed by atoms with E-state index in [0.717, 1.165) is 26.7 Å². The molecule has 0 spiro atoms. The summed E-state index contributed by atoms with van der Waals surface area (Å²) in [6, 6.07) is 9.52. The minimum Gasteiger partial charge on any atom is -0.589 e. The minimum atomic E-state index is -1.17. The monoisotopic (exact) mass is 410 g/mol. The maximum Gasteiger partial charge on any atom is 0.254 e. The molecule has 0 bridgehead atoms. The Morgan fingerprint density at radius 1 is 1.35 bits per heavy atom. The molecule has 2 aliphatic rings. The number of aryl methyl sites for hydroxylation is 1. The van der Waals surface area contributed by atoms with Crippen LogP contribution in [-0.2, 0) is 6.54 Å². The number of hydrogen-bond acceptors (Lipinski definition) is 5. The van der Waals surface area contributed by atoms with Crippen LogP contribution in [-0.4, -0.2) is 26.8 Å². The van der Waals surface area contributed by atoms with Crippen molar-refractivity contribution < 1.29 is 4.55 Å². The predicted octanol–water partition coefficient (Wildman–Crippen LogP) is 4.08. The average molecular weight is 412 g/mol. The number of nitrogens with zero attached hydrogens (tertiary/aromatic N) is 4. The van der Waals surface area contributed by atoms with E-state index in [0.29, 0.717) is 24.1 Å². The van der Waals surface area contributed by atoms with E-state index in [1.165, 1.54) is 0 Å². The van der Waals surface area contributed by atoms with E-state index < -0.39 is 10.8 Å². The van der Waals surface area contributed by atoms with Crippen LogP contribution in [0.1, 0.15) is 16.0 Å². The normalized spacial score (nSPS) is 17.5. The first-order chi connectivity index (χ1) is 11.1. The fourth-order valence-corrected chi connectivity index (χ4v) is 4.68. The van der Waals surface area contributed by atoms with Gasteiger partial charge < -0.3 is 4.55 Å². The molecule has 0 saturated carbocycles. The Morgan fingerprint density at radius 2 is 2.13 bits per heavy atom. The van der Waals surface area contributed by atoms with Gasteiger partial charge in [0, 0.05) is 18.6 Å². The van der Waals surface area contributed by atoms with Crippen molar-refractivity contribution in [2.24, 2.45) is 10.1 Å². The highest BCUT2D eigenvalue weighted by Gasteiger charge is 2.37. The van der Waals surface area contributed by atoms with Crippen molar-refractivity contribution in [2.75, 3.05) is 11.6 Å². The highest BCUT2D eigenvalue weighted by molar-refractivity contribution is 9.07. The summed E-state index contributed by atoms with van der Waals surface area (Å²) in [7, 11) is -1.17. The molecular formula is C15H12BrClN4OS. The van der Waals surface area contributed by atoms with E-state index in [9.17, 15) is 4.55 Å². The number of hydrazone groups is 1. The predicted molar refractivity (Wildman–Crippen MR) is 97.1 cm³/mol. The van der Waals surface area contributed by atoms with E-state index in [1.54, 1.807) is 4.03 Å². The van der Waals surface area contributed by atoms with Crippen LogP contribution in [0.5, 0.6) is 0 Å². The Balaban J connectivity index is 1.91. The molecule has 8 heteroatoms. The Labute approximate surface area is 150 Å². The molecule has 0 aliphatic carbocycles. The second-order valence-electron chi connectivity index (χ2n) is 5.33. The Kier molecular flexibility index (Phi) is 3.68. The first-order valence-corrected chi connectivity index (χ1v) is 9.22. The van der Waals surface area contributed by atoms with E-state index in [2.05, 4.69) is 21.2 Å². The van der Waals surface area contributed by atoms with Gasteiger partial charge in [0.15, 0.2) is 5.84 Å². The number of fused-ring (bicyclic) bond motifs is 3. The van der Waals surface area contributed by atoms with Gasteiger partial charge in [-0.2, -0.15) is 0 Å². The lowest BCUT2D eigenvalue weighted by molar-refractivity contribution is 0.572. The highest BCUT2D eigenvalue weighted by Crippen LogP contribution is 2.43. The van der Waals surface area contributed by atoms with Crippen LogP contribution >= 0.6 is 38.5 Å². The van der Waals surface area contributed by atoms with Crippen LogP contribution in [0.3, 0.4) is 0 Å². The summed E-state index contributed by atoms with van der Waals surface area (Å²) in [5, 5.41) is 5.89. The molecule has 0 fully saturated rings. The van der Waals surface area contributed by atoms with Crippen LogP contribution in [0.2, 0.25) is 5.02 Å². The molecule has 2 aliphatic heterocycles. The van der Waals surface area contributed by atoms with E-state index in [4.69, 9.17) is 16.6 Å². The van der Waals surface area contributed by atoms with Crippen molar-refractivity contribution in [2.45, 2.75) is 13.5 Å². The number of thiophene rings is 1. The average Bonchev–Trinajstić information content (AvgIpc) is 2.98. The van der Waals surface area contributed by atoms with E-state index in [1.807, 2.05) is 42.2 Å². The smallest absolute Gasteiger partial charge is 0.254 e. The minimum absolute atomic E-state index is 0.469. The van der Waals surface area contributed by atoms with Crippen LogP contribution in [0.4, 0.5) is 5.00 Å². The van der Waals surface area contributed by atoms with Crippen molar-refractivity contribution >= 4 is 55.0 Å². The molecule has 118 valence electrons. The van der Waals surface area contributed by atoms with Crippen molar-refractivity contribution in [1.82, 2.24) is 4.03 Å². The quantitative estimate of drug-likeness (QED) is 0.525. The van der Waals surface area contributed by atoms with Gasteiger partial charge in [0.1, 0.15) is 17.3 Å². The molecular weight excluding hydrogens is 400 g/mol. The van der Waals surface area contributed by atoms with Gasteiger partial charge in [0.2, 0.25) is 0 Å². The first kappa shape index (κ1) is 15.1. The number of hydrogen-bond donors (Lipinski definition) is 0. The molecule has 1 aromatic carbocycles. The fourth-order valence-electron chi connectivity index (χ4n) is 2.82. The summed E-state index contributed by atoms with van der Waals surface area (Å²) in [4.78, 5) is 7.51. The summed E-state index contributed by atoms with van der Waals surface area (Å²) in [6.45, 7) is 2.82. The number of anilines is 1. The second-order valence-corrected chi connectivity index (χ2v) is 8.12. The molecule has 0 N–H and O–H groups in total. The lowest BCUT2D eigenvalue weighted by Crippen LogP contribution is -2.34. The summed E-state index contributed by atoms with van der Waals surface area (Å²) in [5.41, 5.74) is 2.52. The number of amidine groups is 1.